The highest BCUT2D eigenvalue weighted by Gasteiger charge is 2.36. The molecule has 0 radical (unpaired) electrons. The Kier molecular flexibility index (Phi) is 8.92. The number of carbonyl (C=O) groups excluding carboxylic acids is 1. The maximum atomic E-state index is 11.6. The average molecular weight is 310 g/mol. The minimum Gasteiger partial charge on any atom is -0.377 e. The first-order valence-corrected chi connectivity index (χ1v) is 9.41. The first kappa shape index (κ1) is 18.9. The quantitative estimate of drug-likeness (QED) is 0.492. The maximum Gasteiger partial charge on any atom is 0.500 e. The first-order valence-electron chi connectivity index (χ1n) is 6.33. The van der Waals surface area contributed by atoms with Gasteiger partial charge in [-0.05, 0) is 12.2 Å². The molecule has 0 aromatic carbocycles. The Hall–Kier alpha value is -0.0831. The zero-order valence-corrected chi connectivity index (χ0v) is 14.7. The summed E-state index contributed by atoms with van der Waals surface area (Å²) in [6.45, 7) is 3.91. The summed E-state index contributed by atoms with van der Waals surface area (Å²) in [4.78, 5) is 11.6. The van der Waals surface area contributed by atoms with Gasteiger partial charge in [-0.15, -0.1) is 0 Å². The second kappa shape index (κ2) is 8.96. The van der Waals surface area contributed by atoms with Gasteiger partial charge < -0.3 is 18.6 Å². The molecule has 0 heterocycles. The van der Waals surface area contributed by atoms with Gasteiger partial charge >= 0.3 is 8.80 Å². The molecule has 7 heteroatoms. The molecule has 0 saturated carbocycles. The van der Waals surface area contributed by atoms with E-state index in [0.717, 1.165) is 24.0 Å². The topological polar surface area (TPSA) is 56.8 Å². The molecule has 0 aromatic heterocycles. The molecule has 0 aromatic rings. The third-order valence-corrected chi connectivity index (χ3v) is 7.34. The molecule has 0 rings (SSSR count). The number of rotatable bonds is 10. The normalized spacial score (nSPS) is 12.5. The fraction of sp³-hybridized carbons (Fsp3) is 0.917. The molecule has 0 atom stereocenters. The van der Waals surface area contributed by atoms with Crippen LogP contribution in [0, 0.1) is 5.41 Å². The highest BCUT2D eigenvalue weighted by atomic mass is 32.2. The number of hydrogen-bond acceptors (Lipinski definition) is 5. The SMILES string of the molecule is CNC(=O)C(C)(C)CSCCC[Si](OC)(OC)OC. The summed E-state index contributed by atoms with van der Waals surface area (Å²) in [5.74, 6) is 1.84. The lowest BCUT2D eigenvalue weighted by molar-refractivity contribution is -0.127. The molecule has 1 amide bonds. The van der Waals surface area contributed by atoms with E-state index < -0.39 is 8.80 Å². The summed E-state index contributed by atoms with van der Waals surface area (Å²) in [6, 6.07) is 0.796. The van der Waals surface area contributed by atoms with Crippen LogP contribution in [0.5, 0.6) is 0 Å². The van der Waals surface area contributed by atoms with Crippen molar-refractivity contribution in [3.8, 4) is 0 Å². The van der Waals surface area contributed by atoms with E-state index in [1.54, 1.807) is 40.1 Å². The summed E-state index contributed by atoms with van der Waals surface area (Å²) in [6.07, 6.45) is 0.955. The van der Waals surface area contributed by atoms with Crippen molar-refractivity contribution in [3.63, 3.8) is 0 Å². The van der Waals surface area contributed by atoms with Crippen LogP contribution >= 0.6 is 11.8 Å². The van der Waals surface area contributed by atoms with Crippen molar-refractivity contribution < 1.29 is 18.1 Å². The van der Waals surface area contributed by atoms with Crippen molar-refractivity contribution in [2.24, 2.45) is 5.41 Å². The Morgan fingerprint density at radius 2 is 1.74 bits per heavy atom. The zero-order chi connectivity index (χ0) is 14.9. The molecule has 1 N–H and O–H groups in total. The van der Waals surface area contributed by atoms with E-state index in [2.05, 4.69) is 5.32 Å². The van der Waals surface area contributed by atoms with Crippen molar-refractivity contribution in [2.75, 3.05) is 39.9 Å². The molecule has 0 aliphatic heterocycles. The number of carbonyl (C=O) groups is 1. The lowest BCUT2D eigenvalue weighted by Crippen LogP contribution is -2.42. The Labute approximate surface area is 122 Å². The van der Waals surface area contributed by atoms with Crippen molar-refractivity contribution >= 4 is 26.5 Å². The molecule has 0 fully saturated rings. The standard InChI is InChI=1S/C12H27NO4SSi/c1-12(2,11(14)13-3)10-18-8-7-9-19(15-4,16-5)17-6/h7-10H2,1-6H3,(H,13,14). The van der Waals surface area contributed by atoms with Gasteiger partial charge in [0.15, 0.2) is 0 Å². The predicted molar refractivity (Wildman–Crippen MR) is 81.4 cm³/mol. The van der Waals surface area contributed by atoms with Gasteiger partial charge in [0, 0.05) is 40.2 Å². The van der Waals surface area contributed by atoms with Gasteiger partial charge in [-0.3, -0.25) is 4.79 Å². The Morgan fingerprint density at radius 1 is 1.21 bits per heavy atom. The van der Waals surface area contributed by atoms with Crippen LogP contribution in [-0.2, 0) is 18.1 Å². The third-order valence-electron chi connectivity index (χ3n) is 3.01. The van der Waals surface area contributed by atoms with E-state index in [-0.39, 0.29) is 11.3 Å². The lowest BCUT2D eigenvalue weighted by Gasteiger charge is -2.25. The van der Waals surface area contributed by atoms with Crippen LogP contribution in [-0.4, -0.2) is 54.6 Å². The first-order chi connectivity index (χ1) is 8.87. The van der Waals surface area contributed by atoms with Crippen LogP contribution in [0.1, 0.15) is 20.3 Å². The smallest absolute Gasteiger partial charge is 0.377 e. The van der Waals surface area contributed by atoms with Gasteiger partial charge in [0.05, 0.1) is 5.41 Å². The van der Waals surface area contributed by atoms with Gasteiger partial charge in [0.2, 0.25) is 5.91 Å². The summed E-state index contributed by atoms with van der Waals surface area (Å²) < 4.78 is 16.1. The van der Waals surface area contributed by atoms with Crippen LogP contribution < -0.4 is 5.32 Å². The van der Waals surface area contributed by atoms with Crippen LogP contribution in [0.2, 0.25) is 6.04 Å². The second-order valence-corrected chi connectivity index (χ2v) is 9.11. The number of hydrogen-bond donors (Lipinski definition) is 1. The number of thioether (sulfide) groups is 1. The molecule has 19 heavy (non-hydrogen) atoms. The van der Waals surface area contributed by atoms with Crippen LogP contribution in [0.3, 0.4) is 0 Å². The summed E-state index contributed by atoms with van der Waals surface area (Å²) in [7, 11) is 4.11. The fourth-order valence-corrected chi connectivity index (χ4v) is 4.79. The van der Waals surface area contributed by atoms with Crippen LogP contribution in [0.15, 0.2) is 0 Å². The molecule has 0 bridgehead atoms. The second-order valence-electron chi connectivity index (χ2n) is 4.91. The summed E-state index contributed by atoms with van der Waals surface area (Å²) >= 11 is 1.77. The van der Waals surface area contributed by atoms with E-state index in [9.17, 15) is 4.79 Å². The van der Waals surface area contributed by atoms with Crippen LogP contribution in [0.25, 0.3) is 0 Å². The third kappa shape index (κ3) is 6.27. The molecule has 0 unspecified atom stereocenters. The van der Waals surface area contributed by atoms with Crippen molar-refractivity contribution in [1.82, 2.24) is 5.32 Å². The van der Waals surface area contributed by atoms with Gasteiger partial charge in [-0.2, -0.15) is 11.8 Å². The Balaban J connectivity index is 3.96. The number of nitrogens with one attached hydrogen (secondary N) is 1. The van der Waals surface area contributed by atoms with E-state index >= 15 is 0 Å². The van der Waals surface area contributed by atoms with E-state index in [1.807, 2.05) is 13.8 Å². The molecule has 0 spiro atoms. The zero-order valence-electron chi connectivity index (χ0n) is 12.9. The largest absolute Gasteiger partial charge is 0.500 e. The molecule has 114 valence electrons. The van der Waals surface area contributed by atoms with E-state index in [1.165, 1.54) is 0 Å². The average Bonchev–Trinajstić information content (AvgIpc) is 2.42. The minimum absolute atomic E-state index is 0.0781. The number of amides is 1. The van der Waals surface area contributed by atoms with Crippen LogP contribution in [0.4, 0.5) is 0 Å². The van der Waals surface area contributed by atoms with E-state index in [4.69, 9.17) is 13.3 Å². The fourth-order valence-electron chi connectivity index (χ4n) is 1.68. The van der Waals surface area contributed by atoms with Crippen molar-refractivity contribution in [1.29, 1.82) is 0 Å². The molecule has 0 saturated heterocycles. The molecule has 5 nitrogen and oxygen atoms in total. The van der Waals surface area contributed by atoms with E-state index in [0.29, 0.717) is 0 Å². The minimum atomic E-state index is -2.43. The Morgan fingerprint density at radius 3 is 2.16 bits per heavy atom. The molecular formula is C12H27NO4SSi. The Bertz CT molecular complexity index is 264. The highest BCUT2D eigenvalue weighted by Crippen LogP contribution is 2.24. The van der Waals surface area contributed by atoms with Gasteiger partial charge in [0.1, 0.15) is 0 Å². The molecular weight excluding hydrogens is 282 g/mol. The maximum absolute atomic E-state index is 11.6. The predicted octanol–water partition coefficient (Wildman–Crippen LogP) is 1.76. The lowest BCUT2D eigenvalue weighted by atomic mass is 9.95. The van der Waals surface area contributed by atoms with Gasteiger partial charge in [-0.25, -0.2) is 0 Å². The highest BCUT2D eigenvalue weighted by molar-refractivity contribution is 7.99. The van der Waals surface area contributed by atoms with Gasteiger partial charge in [-0.1, -0.05) is 13.8 Å². The van der Waals surface area contributed by atoms with Crippen molar-refractivity contribution in [3.05, 3.63) is 0 Å². The monoisotopic (exact) mass is 309 g/mol. The van der Waals surface area contributed by atoms with Crippen molar-refractivity contribution in [2.45, 2.75) is 26.3 Å². The van der Waals surface area contributed by atoms with Gasteiger partial charge in [0.25, 0.3) is 0 Å². The molecule has 0 aliphatic carbocycles. The summed E-state index contributed by atoms with van der Waals surface area (Å²) in [5, 5.41) is 2.69. The summed E-state index contributed by atoms with van der Waals surface area (Å²) in [5.41, 5.74) is -0.336. The molecule has 0 aliphatic rings.